The van der Waals surface area contributed by atoms with E-state index in [0.29, 0.717) is 22.4 Å². The summed E-state index contributed by atoms with van der Waals surface area (Å²) in [5, 5.41) is 5.38. The fraction of sp³-hybridized carbons (Fsp3) is 0.300. The van der Waals surface area contributed by atoms with Crippen LogP contribution in [0.3, 0.4) is 0 Å². The van der Waals surface area contributed by atoms with E-state index in [9.17, 15) is 9.18 Å². The average molecular weight is 290 g/mol. The molecule has 0 fully saturated rings. The van der Waals surface area contributed by atoms with E-state index in [1.54, 1.807) is 0 Å². The van der Waals surface area contributed by atoms with Gasteiger partial charge in [0.05, 0.1) is 22.4 Å². The van der Waals surface area contributed by atoms with Crippen LogP contribution < -0.4 is 16.4 Å². The highest BCUT2D eigenvalue weighted by Gasteiger charge is 2.07. The Morgan fingerprint density at radius 1 is 1.56 bits per heavy atom. The van der Waals surface area contributed by atoms with Crippen molar-refractivity contribution >= 4 is 33.2 Å². The van der Waals surface area contributed by atoms with Gasteiger partial charge in [0.1, 0.15) is 5.82 Å². The number of halogens is 2. The molecule has 1 amide bonds. The standard InChI is InChI=1S/C10H13BrFN3O/c1-2-14-10(16)5-15-9-4-7(12)6(11)3-8(9)13/h3-4,15H,2,5,13H2,1H3,(H,14,16). The molecule has 0 aliphatic rings. The van der Waals surface area contributed by atoms with Crippen LogP contribution >= 0.6 is 15.9 Å². The van der Waals surface area contributed by atoms with Gasteiger partial charge in [0, 0.05) is 12.6 Å². The van der Waals surface area contributed by atoms with Crippen molar-refractivity contribution in [1.82, 2.24) is 5.32 Å². The summed E-state index contributed by atoms with van der Waals surface area (Å²) in [6.07, 6.45) is 0. The van der Waals surface area contributed by atoms with E-state index in [2.05, 4.69) is 26.6 Å². The van der Waals surface area contributed by atoms with Crippen molar-refractivity contribution in [3.05, 3.63) is 22.4 Å². The molecule has 0 atom stereocenters. The Hall–Kier alpha value is -1.30. The highest BCUT2D eigenvalue weighted by Crippen LogP contribution is 2.26. The first-order chi connectivity index (χ1) is 7.54. The van der Waals surface area contributed by atoms with Gasteiger partial charge in [0.2, 0.25) is 5.91 Å². The van der Waals surface area contributed by atoms with Crippen molar-refractivity contribution in [2.24, 2.45) is 0 Å². The Bertz CT molecular complexity index is 398. The van der Waals surface area contributed by atoms with Crippen LogP contribution in [0.5, 0.6) is 0 Å². The molecule has 1 aromatic rings. The minimum absolute atomic E-state index is 0.0686. The molecule has 4 nitrogen and oxygen atoms in total. The number of hydrogen-bond donors (Lipinski definition) is 3. The molecule has 0 radical (unpaired) electrons. The predicted octanol–water partition coefficient (Wildman–Crippen LogP) is 1.72. The number of amides is 1. The Morgan fingerprint density at radius 3 is 2.88 bits per heavy atom. The Kier molecular flexibility index (Phi) is 4.54. The predicted molar refractivity (Wildman–Crippen MR) is 65.7 cm³/mol. The van der Waals surface area contributed by atoms with Gasteiger partial charge in [0.15, 0.2) is 0 Å². The molecule has 0 heterocycles. The van der Waals surface area contributed by atoms with E-state index >= 15 is 0 Å². The molecule has 0 bridgehead atoms. The minimum Gasteiger partial charge on any atom is -0.397 e. The molecule has 88 valence electrons. The first kappa shape index (κ1) is 12.8. The largest absolute Gasteiger partial charge is 0.397 e. The number of nitrogen functional groups attached to an aromatic ring is 1. The van der Waals surface area contributed by atoms with Gasteiger partial charge in [0.25, 0.3) is 0 Å². The van der Waals surface area contributed by atoms with Gasteiger partial charge in [-0.15, -0.1) is 0 Å². The summed E-state index contributed by atoms with van der Waals surface area (Å²) in [5.74, 6) is -0.585. The number of nitrogens with one attached hydrogen (secondary N) is 2. The van der Waals surface area contributed by atoms with Crippen LogP contribution in [0.15, 0.2) is 16.6 Å². The van der Waals surface area contributed by atoms with Gasteiger partial charge in [-0.3, -0.25) is 4.79 Å². The third kappa shape index (κ3) is 3.37. The van der Waals surface area contributed by atoms with Gasteiger partial charge >= 0.3 is 0 Å². The van der Waals surface area contributed by atoms with E-state index in [4.69, 9.17) is 5.73 Å². The molecule has 0 aliphatic heterocycles. The van der Waals surface area contributed by atoms with Crippen LogP contribution in [-0.2, 0) is 4.79 Å². The van der Waals surface area contributed by atoms with Crippen molar-refractivity contribution in [3.63, 3.8) is 0 Å². The number of likely N-dealkylation sites (N-methyl/N-ethyl adjacent to an activating group) is 1. The highest BCUT2D eigenvalue weighted by molar-refractivity contribution is 9.10. The van der Waals surface area contributed by atoms with Gasteiger partial charge in [-0.2, -0.15) is 0 Å². The van der Waals surface area contributed by atoms with Crippen molar-refractivity contribution in [1.29, 1.82) is 0 Å². The summed E-state index contributed by atoms with van der Waals surface area (Å²) < 4.78 is 13.5. The molecule has 16 heavy (non-hydrogen) atoms. The van der Waals surface area contributed by atoms with Crippen LogP contribution in [0.4, 0.5) is 15.8 Å². The number of anilines is 2. The first-order valence-corrected chi connectivity index (χ1v) is 5.59. The van der Waals surface area contributed by atoms with E-state index in [1.165, 1.54) is 12.1 Å². The van der Waals surface area contributed by atoms with Crippen LogP contribution in [0, 0.1) is 5.82 Å². The van der Waals surface area contributed by atoms with Crippen LogP contribution in [0.25, 0.3) is 0 Å². The number of carbonyl (C=O) groups excluding carboxylic acids is 1. The van der Waals surface area contributed by atoms with Gasteiger partial charge in [-0.05, 0) is 28.9 Å². The van der Waals surface area contributed by atoms with E-state index in [0.717, 1.165) is 0 Å². The first-order valence-electron chi connectivity index (χ1n) is 4.79. The molecule has 0 saturated carbocycles. The van der Waals surface area contributed by atoms with Crippen molar-refractivity contribution < 1.29 is 9.18 Å². The second-order valence-electron chi connectivity index (χ2n) is 3.16. The lowest BCUT2D eigenvalue weighted by Gasteiger charge is -2.10. The second-order valence-corrected chi connectivity index (χ2v) is 4.01. The third-order valence-corrected chi connectivity index (χ3v) is 2.51. The van der Waals surface area contributed by atoms with E-state index in [1.807, 2.05) is 6.92 Å². The molecule has 0 aliphatic carbocycles. The smallest absolute Gasteiger partial charge is 0.239 e. The van der Waals surface area contributed by atoms with Crippen LogP contribution in [-0.4, -0.2) is 19.0 Å². The third-order valence-electron chi connectivity index (χ3n) is 1.91. The molecule has 4 N–H and O–H groups in total. The Morgan fingerprint density at radius 2 is 2.25 bits per heavy atom. The number of rotatable bonds is 4. The molecule has 1 rings (SSSR count). The van der Waals surface area contributed by atoms with Crippen molar-refractivity contribution in [2.45, 2.75) is 6.92 Å². The maximum Gasteiger partial charge on any atom is 0.239 e. The zero-order valence-electron chi connectivity index (χ0n) is 8.81. The zero-order valence-corrected chi connectivity index (χ0v) is 10.4. The monoisotopic (exact) mass is 289 g/mol. The van der Waals surface area contributed by atoms with Crippen molar-refractivity contribution in [2.75, 3.05) is 24.1 Å². The topological polar surface area (TPSA) is 67.2 Å². The van der Waals surface area contributed by atoms with Crippen molar-refractivity contribution in [3.8, 4) is 0 Å². The Labute approximate surface area is 102 Å². The lowest BCUT2D eigenvalue weighted by Crippen LogP contribution is -2.29. The molecule has 0 aromatic heterocycles. The number of nitrogens with two attached hydrogens (primary N) is 1. The lowest BCUT2D eigenvalue weighted by atomic mass is 10.2. The summed E-state index contributed by atoms with van der Waals surface area (Å²) in [6, 6.07) is 2.70. The SMILES string of the molecule is CCNC(=O)CNc1cc(F)c(Br)cc1N. The molecule has 0 saturated heterocycles. The maximum absolute atomic E-state index is 13.2. The quantitative estimate of drug-likeness (QED) is 0.740. The maximum atomic E-state index is 13.2. The number of carbonyl (C=O) groups is 1. The van der Waals surface area contributed by atoms with Crippen LogP contribution in [0.2, 0.25) is 0 Å². The summed E-state index contributed by atoms with van der Waals surface area (Å²) in [4.78, 5) is 11.2. The Balaban J connectivity index is 2.67. The number of hydrogen-bond acceptors (Lipinski definition) is 3. The molecule has 1 aromatic carbocycles. The summed E-state index contributed by atoms with van der Waals surface area (Å²) in [6.45, 7) is 2.45. The molecule has 0 spiro atoms. The van der Waals surface area contributed by atoms with Crippen LogP contribution in [0.1, 0.15) is 6.92 Å². The van der Waals surface area contributed by atoms with Gasteiger partial charge in [-0.25, -0.2) is 4.39 Å². The lowest BCUT2D eigenvalue weighted by molar-refractivity contribution is -0.119. The molecular weight excluding hydrogens is 277 g/mol. The zero-order chi connectivity index (χ0) is 12.1. The summed E-state index contributed by atoms with van der Waals surface area (Å²) >= 11 is 3.02. The summed E-state index contributed by atoms with van der Waals surface area (Å²) in [7, 11) is 0. The molecular formula is C10H13BrFN3O. The molecule has 0 unspecified atom stereocenters. The fourth-order valence-corrected chi connectivity index (χ4v) is 1.51. The van der Waals surface area contributed by atoms with Gasteiger partial charge in [-0.1, -0.05) is 0 Å². The fourth-order valence-electron chi connectivity index (χ4n) is 1.15. The highest BCUT2D eigenvalue weighted by atomic mass is 79.9. The second kappa shape index (κ2) is 5.69. The number of benzene rings is 1. The van der Waals surface area contributed by atoms with E-state index < -0.39 is 5.82 Å². The summed E-state index contributed by atoms with van der Waals surface area (Å²) in [5.41, 5.74) is 6.46. The van der Waals surface area contributed by atoms with Gasteiger partial charge < -0.3 is 16.4 Å². The van der Waals surface area contributed by atoms with E-state index in [-0.39, 0.29) is 12.5 Å². The average Bonchev–Trinajstić information content (AvgIpc) is 2.22. The minimum atomic E-state index is -0.424. The normalized spacial score (nSPS) is 9.94. The molecule has 6 heteroatoms.